The molecule has 5 nitrogen and oxygen atoms in total. The van der Waals surface area contributed by atoms with Crippen LogP contribution in [-0.4, -0.2) is 74.1 Å². The lowest BCUT2D eigenvalue weighted by atomic mass is 9.70. The molecule has 3 unspecified atom stereocenters. The van der Waals surface area contributed by atoms with Crippen molar-refractivity contribution >= 4 is 5.71 Å². The highest BCUT2D eigenvalue weighted by Gasteiger charge is 2.66. The number of likely N-dealkylation sites (tertiary alicyclic amines) is 1. The van der Waals surface area contributed by atoms with Crippen molar-refractivity contribution in [2.75, 3.05) is 52.5 Å². The first-order valence-electron chi connectivity index (χ1n) is 10.3. The molecule has 5 heteroatoms. The second-order valence-corrected chi connectivity index (χ2v) is 9.15. The average Bonchev–Trinajstić information content (AvgIpc) is 3.24. The third-order valence-corrected chi connectivity index (χ3v) is 7.83. The van der Waals surface area contributed by atoms with E-state index < -0.39 is 0 Å². The quantitative estimate of drug-likeness (QED) is 0.565. The fourth-order valence-corrected chi connectivity index (χ4v) is 5.79. The number of morpholine rings is 1. The molecule has 25 heavy (non-hydrogen) atoms. The zero-order valence-corrected chi connectivity index (χ0v) is 16.3. The van der Waals surface area contributed by atoms with Gasteiger partial charge in [-0.2, -0.15) is 0 Å². The zero-order chi connectivity index (χ0) is 17.5. The van der Waals surface area contributed by atoms with Crippen molar-refractivity contribution in [2.45, 2.75) is 52.5 Å². The molecule has 3 atom stereocenters. The Hall–Kier alpha value is -0.650. The number of nitrogens with zero attached hydrogens (tertiary/aromatic N) is 3. The summed E-state index contributed by atoms with van der Waals surface area (Å²) in [4.78, 5) is 11.0. The Kier molecular flexibility index (Phi) is 4.84. The van der Waals surface area contributed by atoms with Crippen LogP contribution in [0.5, 0.6) is 0 Å². The van der Waals surface area contributed by atoms with Gasteiger partial charge in [0.05, 0.1) is 25.0 Å². The van der Waals surface area contributed by atoms with Gasteiger partial charge in [0.2, 0.25) is 0 Å². The highest BCUT2D eigenvalue weighted by atomic mass is 16.6. The van der Waals surface area contributed by atoms with Crippen LogP contribution in [0.1, 0.15) is 46.5 Å². The maximum atomic E-state index is 5.90. The fraction of sp³-hybridized carbons (Fsp3) is 0.950. The molecule has 2 aliphatic heterocycles. The largest absolute Gasteiger partial charge is 0.394 e. The zero-order valence-electron chi connectivity index (χ0n) is 16.3. The standard InChI is InChI=1S/C20H35N3O2/c1-19(2)16-6-7-20(19,3)18(17(16)23-11-13-24-14-12-23)21-25-15-10-22-8-4-5-9-22/h16-17H,4-15H2,1-3H3/b21-18-. The molecule has 0 N–H and O–H groups in total. The van der Waals surface area contributed by atoms with E-state index in [1.165, 1.54) is 44.5 Å². The van der Waals surface area contributed by atoms with E-state index in [1.807, 2.05) is 0 Å². The minimum atomic E-state index is 0.175. The van der Waals surface area contributed by atoms with Crippen molar-refractivity contribution in [1.82, 2.24) is 9.80 Å². The molecule has 4 aliphatic rings. The van der Waals surface area contributed by atoms with Crippen molar-refractivity contribution in [3.05, 3.63) is 0 Å². The molecule has 0 amide bonds. The molecule has 0 spiro atoms. The van der Waals surface area contributed by atoms with Crippen LogP contribution < -0.4 is 0 Å². The summed E-state index contributed by atoms with van der Waals surface area (Å²) < 4.78 is 5.59. The van der Waals surface area contributed by atoms with Gasteiger partial charge >= 0.3 is 0 Å². The van der Waals surface area contributed by atoms with Crippen LogP contribution in [0.3, 0.4) is 0 Å². The summed E-state index contributed by atoms with van der Waals surface area (Å²) in [5.41, 5.74) is 1.79. The number of hydrogen-bond donors (Lipinski definition) is 0. The van der Waals surface area contributed by atoms with Gasteiger partial charge in [-0.1, -0.05) is 25.9 Å². The molecule has 2 saturated heterocycles. The average molecular weight is 350 g/mol. The highest BCUT2D eigenvalue weighted by molar-refractivity contribution is 5.98. The van der Waals surface area contributed by atoms with Gasteiger partial charge in [-0.3, -0.25) is 9.80 Å². The van der Waals surface area contributed by atoms with Crippen molar-refractivity contribution in [1.29, 1.82) is 0 Å². The van der Waals surface area contributed by atoms with Crippen LogP contribution in [0, 0.1) is 16.7 Å². The number of oxime groups is 1. The lowest BCUT2D eigenvalue weighted by Gasteiger charge is -2.38. The van der Waals surface area contributed by atoms with Crippen LogP contribution >= 0.6 is 0 Å². The Morgan fingerprint density at radius 1 is 1.12 bits per heavy atom. The molecule has 0 radical (unpaired) electrons. The van der Waals surface area contributed by atoms with E-state index in [2.05, 4.69) is 30.6 Å². The Bertz CT molecular complexity index is 509. The Labute approximate surface area is 152 Å². The van der Waals surface area contributed by atoms with Gasteiger partial charge in [0.15, 0.2) is 0 Å². The van der Waals surface area contributed by atoms with E-state index in [9.17, 15) is 0 Å². The molecule has 2 saturated carbocycles. The normalized spacial score (nSPS) is 40.2. The van der Waals surface area contributed by atoms with Crippen LogP contribution in [0.25, 0.3) is 0 Å². The maximum absolute atomic E-state index is 5.90. The maximum Gasteiger partial charge on any atom is 0.129 e. The van der Waals surface area contributed by atoms with E-state index in [1.54, 1.807) is 0 Å². The second-order valence-electron chi connectivity index (χ2n) is 9.15. The minimum Gasteiger partial charge on any atom is -0.394 e. The number of hydrogen-bond acceptors (Lipinski definition) is 5. The van der Waals surface area contributed by atoms with E-state index in [-0.39, 0.29) is 5.41 Å². The molecule has 2 heterocycles. The van der Waals surface area contributed by atoms with Gasteiger partial charge in [0.1, 0.15) is 6.61 Å². The molecular formula is C20H35N3O2. The molecule has 2 aliphatic carbocycles. The van der Waals surface area contributed by atoms with Gasteiger partial charge in [-0.25, -0.2) is 0 Å². The lowest BCUT2D eigenvalue weighted by Crippen LogP contribution is -2.51. The van der Waals surface area contributed by atoms with Crippen LogP contribution in [0.4, 0.5) is 0 Å². The summed E-state index contributed by atoms with van der Waals surface area (Å²) in [7, 11) is 0. The summed E-state index contributed by atoms with van der Waals surface area (Å²) in [6.45, 7) is 15.3. The van der Waals surface area contributed by atoms with Gasteiger partial charge < -0.3 is 9.57 Å². The van der Waals surface area contributed by atoms with Crippen molar-refractivity contribution in [3.8, 4) is 0 Å². The first-order chi connectivity index (χ1) is 12.0. The van der Waals surface area contributed by atoms with Crippen molar-refractivity contribution < 1.29 is 9.57 Å². The predicted octanol–water partition coefficient (Wildman–Crippen LogP) is 2.61. The summed E-state index contributed by atoms with van der Waals surface area (Å²) in [6.07, 6.45) is 5.24. The minimum absolute atomic E-state index is 0.175. The third-order valence-electron chi connectivity index (χ3n) is 7.83. The highest BCUT2D eigenvalue weighted by Crippen LogP contribution is 2.65. The number of fused-ring (bicyclic) bond motifs is 2. The molecule has 4 rings (SSSR count). The van der Waals surface area contributed by atoms with E-state index in [0.29, 0.717) is 17.4 Å². The predicted molar refractivity (Wildman–Crippen MR) is 99.9 cm³/mol. The molecule has 142 valence electrons. The summed E-state index contributed by atoms with van der Waals surface area (Å²) in [5.74, 6) is 0.691. The van der Waals surface area contributed by atoms with E-state index in [4.69, 9.17) is 14.7 Å². The van der Waals surface area contributed by atoms with E-state index >= 15 is 0 Å². The fourth-order valence-electron chi connectivity index (χ4n) is 5.79. The van der Waals surface area contributed by atoms with Gasteiger partial charge in [-0.15, -0.1) is 0 Å². The monoisotopic (exact) mass is 349 g/mol. The first-order valence-corrected chi connectivity index (χ1v) is 10.3. The first kappa shape index (κ1) is 17.7. The van der Waals surface area contributed by atoms with Crippen LogP contribution in [0.15, 0.2) is 5.16 Å². The summed E-state index contributed by atoms with van der Waals surface area (Å²) in [5, 5.41) is 4.80. The van der Waals surface area contributed by atoms with Gasteiger partial charge in [-0.05, 0) is 50.1 Å². The smallest absolute Gasteiger partial charge is 0.129 e. The molecular weight excluding hydrogens is 314 g/mol. The van der Waals surface area contributed by atoms with Crippen molar-refractivity contribution in [3.63, 3.8) is 0 Å². The van der Waals surface area contributed by atoms with Crippen LogP contribution in [0.2, 0.25) is 0 Å². The molecule has 0 aromatic heterocycles. The SMILES string of the molecule is CC12CCC(C(N3CCOCC3)/C1=N/OCCN1CCCC1)C2(C)C. The number of rotatable bonds is 5. The Balaban J connectivity index is 1.48. The molecule has 2 bridgehead atoms. The van der Waals surface area contributed by atoms with E-state index in [0.717, 1.165) is 39.5 Å². The van der Waals surface area contributed by atoms with Crippen molar-refractivity contribution in [2.24, 2.45) is 21.9 Å². The molecule has 4 fully saturated rings. The third kappa shape index (κ3) is 2.92. The second kappa shape index (κ2) is 6.82. The van der Waals surface area contributed by atoms with Crippen LogP contribution in [-0.2, 0) is 9.57 Å². The molecule has 0 aromatic rings. The topological polar surface area (TPSA) is 37.3 Å². The summed E-state index contributed by atoms with van der Waals surface area (Å²) >= 11 is 0. The Morgan fingerprint density at radius 2 is 1.84 bits per heavy atom. The van der Waals surface area contributed by atoms with Gasteiger partial charge in [0.25, 0.3) is 0 Å². The molecule has 0 aromatic carbocycles. The lowest BCUT2D eigenvalue weighted by molar-refractivity contribution is 0.0123. The Morgan fingerprint density at radius 3 is 2.56 bits per heavy atom. The summed E-state index contributed by atoms with van der Waals surface area (Å²) in [6, 6.07) is 0.449. The van der Waals surface area contributed by atoms with Gasteiger partial charge in [0, 0.05) is 25.0 Å². The number of ether oxygens (including phenoxy) is 1.